The van der Waals surface area contributed by atoms with Gasteiger partial charge in [-0.25, -0.2) is 0 Å². The number of amides is 1. The van der Waals surface area contributed by atoms with Gasteiger partial charge in [-0.1, -0.05) is 25.1 Å². The van der Waals surface area contributed by atoms with E-state index < -0.39 is 0 Å². The van der Waals surface area contributed by atoms with Gasteiger partial charge in [0.2, 0.25) is 0 Å². The number of aryl methyl sites for hydroxylation is 2. The first-order valence-corrected chi connectivity index (χ1v) is 10.7. The predicted octanol–water partition coefficient (Wildman–Crippen LogP) is 4.51. The molecule has 1 aromatic heterocycles. The summed E-state index contributed by atoms with van der Waals surface area (Å²) in [5.41, 5.74) is 2.12. The fourth-order valence-corrected chi connectivity index (χ4v) is 3.98. The Bertz CT molecular complexity index is 1060. The van der Waals surface area contributed by atoms with Crippen molar-refractivity contribution in [3.8, 4) is 11.5 Å². The first-order chi connectivity index (χ1) is 15.0. The molecule has 1 fully saturated rings. The fourth-order valence-electron chi connectivity index (χ4n) is 3.98. The van der Waals surface area contributed by atoms with Crippen LogP contribution in [-0.2, 0) is 13.5 Å². The lowest BCUT2D eigenvalue weighted by atomic mass is 9.90. The maximum Gasteiger partial charge on any atom is 0.272 e. The molecule has 0 N–H and O–H groups in total. The number of ketones is 1. The molecule has 0 spiro atoms. The molecule has 1 aliphatic rings. The molecule has 6 heteroatoms. The summed E-state index contributed by atoms with van der Waals surface area (Å²) in [7, 11) is 1.79. The molecule has 6 nitrogen and oxygen atoms in total. The van der Waals surface area contributed by atoms with E-state index >= 15 is 0 Å². The van der Waals surface area contributed by atoms with Crippen LogP contribution in [-0.4, -0.2) is 39.5 Å². The number of likely N-dealkylation sites (tertiary alicyclic amines) is 1. The van der Waals surface area contributed by atoms with Gasteiger partial charge in [-0.3, -0.25) is 14.3 Å². The largest absolute Gasteiger partial charge is 0.457 e. The molecule has 4 rings (SSSR count). The highest BCUT2D eigenvalue weighted by atomic mass is 16.5. The van der Waals surface area contributed by atoms with Gasteiger partial charge in [-0.2, -0.15) is 5.10 Å². The van der Waals surface area contributed by atoms with Crippen molar-refractivity contribution >= 4 is 11.7 Å². The molecular formula is C25H27N3O3. The summed E-state index contributed by atoms with van der Waals surface area (Å²) in [6, 6.07) is 18.6. The van der Waals surface area contributed by atoms with Crippen LogP contribution in [0.25, 0.3) is 0 Å². The van der Waals surface area contributed by atoms with E-state index in [1.165, 1.54) is 0 Å². The summed E-state index contributed by atoms with van der Waals surface area (Å²) in [6.07, 6.45) is 2.39. The number of carbonyl (C=O) groups excluding carboxylic acids is 2. The number of ether oxygens (including phenoxy) is 1. The van der Waals surface area contributed by atoms with Crippen LogP contribution in [0.3, 0.4) is 0 Å². The summed E-state index contributed by atoms with van der Waals surface area (Å²) in [4.78, 5) is 27.9. The van der Waals surface area contributed by atoms with Crippen LogP contribution in [0.15, 0.2) is 60.7 Å². The van der Waals surface area contributed by atoms with Gasteiger partial charge in [-0.15, -0.1) is 0 Å². The van der Waals surface area contributed by atoms with Crippen molar-refractivity contribution in [3.05, 3.63) is 77.6 Å². The number of piperidine rings is 1. The van der Waals surface area contributed by atoms with Gasteiger partial charge in [0, 0.05) is 31.6 Å². The number of carbonyl (C=O) groups is 2. The van der Waals surface area contributed by atoms with Crippen molar-refractivity contribution in [2.45, 2.75) is 26.2 Å². The minimum atomic E-state index is -0.197. The number of hydrogen-bond acceptors (Lipinski definition) is 4. The van der Waals surface area contributed by atoms with E-state index in [2.05, 4.69) is 5.10 Å². The Morgan fingerprint density at radius 1 is 1.06 bits per heavy atom. The number of rotatable bonds is 6. The normalized spacial score (nSPS) is 16.2. The van der Waals surface area contributed by atoms with Crippen LogP contribution in [0, 0.1) is 5.92 Å². The molecule has 0 radical (unpaired) electrons. The fraction of sp³-hybridized carbons (Fsp3) is 0.320. The SMILES string of the molecule is CCc1cc(C(=O)N2CCC[C@H](C(=O)c3ccc(Oc4ccccc4)cc3)C2)n(C)n1. The van der Waals surface area contributed by atoms with Gasteiger partial charge < -0.3 is 9.64 Å². The molecule has 2 aromatic carbocycles. The van der Waals surface area contributed by atoms with Gasteiger partial charge >= 0.3 is 0 Å². The molecule has 2 heterocycles. The minimum Gasteiger partial charge on any atom is -0.457 e. The number of hydrogen-bond donors (Lipinski definition) is 0. The van der Waals surface area contributed by atoms with Gasteiger partial charge in [-0.05, 0) is 61.7 Å². The molecule has 1 aliphatic heterocycles. The Labute approximate surface area is 182 Å². The van der Waals surface area contributed by atoms with Crippen molar-refractivity contribution in [2.75, 3.05) is 13.1 Å². The summed E-state index contributed by atoms with van der Waals surface area (Å²) < 4.78 is 7.44. The Kier molecular flexibility index (Phi) is 6.16. The highest BCUT2D eigenvalue weighted by Crippen LogP contribution is 2.25. The highest BCUT2D eigenvalue weighted by molar-refractivity contribution is 5.99. The number of aromatic nitrogens is 2. The van der Waals surface area contributed by atoms with E-state index in [0.29, 0.717) is 30.1 Å². The second-order valence-corrected chi connectivity index (χ2v) is 7.89. The van der Waals surface area contributed by atoms with E-state index in [0.717, 1.165) is 30.7 Å². The molecule has 1 amide bonds. The third-order valence-corrected chi connectivity index (χ3v) is 5.71. The first kappa shape index (κ1) is 20.8. The lowest BCUT2D eigenvalue weighted by Gasteiger charge is -2.32. The zero-order valence-electron chi connectivity index (χ0n) is 18.0. The Morgan fingerprint density at radius 2 is 1.77 bits per heavy atom. The van der Waals surface area contributed by atoms with Gasteiger partial charge in [0.1, 0.15) is 17.2 Å². The summed E-state index contributed by atoms with van der Waals surface area (Å²) in [5, 5.41) is 4.38. The van der Waals surface area contributed by atoms with E-state index in [-0.39, 0.29) is 17.6 Å². The maximum absolute atomic E-state index is 13.1. The van der Waals surface area contributed by atoms with Crippen LogP contribution >= 0.6 is 0 Å². The van der Waals surface area contributed by atoms with Crippen molar-refractivity contribution in [1.29, 1.82) is 0 Å². The second-order valence-electron chi connectivity index (χ2n) is 7.89. The Morgan fingerprint density at radius 3 is 2.45 bits per heavy atom. The molecule has 0 saturated carbocycles. The molecule has 1 atom stereocenters. The first-order valence-electron chi connectivity index (χ1n) is 10.7. The minimum absolute atomic E-state index is 0.0567. The van der Waals surface area contributed by atoms with Crippen LogP contribution in [0.4, 0.5) is 0 Å². The molecule has 0 bridgehead atoms. The van der Waals surface area contributed by atoms with Gasteiger partial charge in [0.05, 0.1) is 5.69 Å². The zero-order valence-corrected chi connectivity index (χ0v) is 18.0. The third-order valence-electron chi connectivity index (χ3n) is 5.71. The van der Waals surface area contributed by atoms with Crippen molar-refractivity contribution in [2.24, 2.45) is 13.0 Å². The lowest BCUT2D eigenvalue weighted by Crippen LogP contribution is -2.43. The molecule has 31 heavy (non-hydrogen) atoms. The smallest absolute Gasteiger partial charge is 0.272 e. The third kappa shape index (κ3) is 4.68. The van der Waals surface area contributed by atoms with Crippen LogP contribution in [0.1, 0.15) is 46.3 Å². The zero-order chi connectivity index (χ0) is 21.8. The average Bonchev–Trinajstić information content (AvgIpc) is 3.20. The molecular weight excluding hydrogens is 390 g/mol. The average molecular weight is 418 g/mol. The van der Waals surface area contributed by atoms with Crippen LogP contribution in [0.5, 0.6) is 11.5 Å². The van der Waals surface area contributed by atoms with Gasteiger partial charge in [0.15, 0.2) is 5.78 Å². The van der Waals surface area contributed by atoms with E-state index in [4.69, 9.17) is 4.74 Å². The maximum atomic E-state index is 13.1. The van der Waals surface area contributed by atoms with Gasteiger partial charge in [0.25, 0.3) is 5.91 Å². The number of Topliss-reactive ketones (excluding diaryl/α,β-unsaturated/α-hetero) is 1. The topological polar surface area (TPSA) is 64.4 Å². The summed E-state index contributed by atoms with van der Waals surface area (Å²) >= 11 is 0. The quantitative estimate of drug-likeness (QED) is 0.554. The highest BCUT2D eigenvalue weighted by Gasteiger charge is 2.30. The molecule has 0 unspecified atom stereocenters. The van der Waals surface area contributed by atoms with E-state index in [1.54, 1.807) is 28.8 Å². The Balaban J connectivity index is 1.42. The molecule has 1 saturated heterocycles. The number of para-hydroxylation sites is 1. The monoisotopic (exact) mass is 417 g/mol. The molecule has 160 valence electrons. The van der Waals surface area contributed by atoms with Crippen molar-refractivity contribution < 1.29 is 14.3 Å². The van der Waals surface area contributed by atoms with E-state index in [1.807, 2.05) is 55.5 Å². The second kappa shape index (κ2) is 9.16. The Hall–Kier alpha value is -3.41. The molecule has 0 aliphatic carbocycles. The summed E-state index contributed by atoms with van der Waals surface area (Å²) in [6.45, 7) is 3.12. The van der Waals surface area contributed by atoms with Crippen molar-refractivity contribution in [1.82, 2.24) is 14.7 Å². The number of benzene rings is 2. The van der Waals surface area contributed by atoms with Crippen LogP contribution < -0.4 is 4.74 Å². The summed E-state index contributed by atoms with van der Waals surface area (Å²) in [5.74, 6) is 1.26. The van der Waals surface area contributed by atoms with Crippen LogP contribution in [0.2, 0.25) is 0 Å². The molecule has 3 aromatic rings. The van der Waals surface area contributed by atoms with E-state index in [9.17, 15) is 9.59 Å². The predicted molar refractivity (Wildman–Crippen MR) is 119 cm³/mol. The van der Waals surface area contributed by atoms with Crippen molar-refractivity contribution in [3.63, 3.8) is 0 Å². The number of nitrogens with zero attached hydrogens (tertiary/aromatic N) is 3. The standard InChI is InChI=1S/C25H27N3O3/c1-3-20-16-23(27(2)26-20)25(30)28-15-7-8-19(17-28)24(29)18-11-13-22(14-12-18)31-21-9-5-4-6-10-21/h4-6,9-14,16,19H,3,7-8,15,17H2,1-2H3/t19-/m0/s1. The lowest BCUT2D eigenvalue weighted by molar-refractivity contribution is 0.0628.